The first kappa shape index (κ1) is 15.7. The first-order valence-corrected chi connectivity index (χ1v) is 7.30. The van der Waals surface area contributed by atoms with E-state index in [2.05, 4.69) is 11.9 Å². The lowest BCUT2D eigenvalue weighted by Gasteiger charge is -2.55. The van der Waals surface area contributed by atoms with Gasteiger partial charge in [-0.1, -0.05) is 26.8 Å². The molecule has 0 aromatic rings. The molecule has 1 N–H and O–H groups in total. The van der Waals surface area contributed by atoms with Gasteiger partial charge in [0.25, 0.3) is 0 Å². The minimum absolute atomic E-state index is 0.107. The Kier molecular flexibility index (Phi) is 3.51. The van der Waals surface area contributed by atoms with E-state index in [1.807, 2.05) is 20.8 Å². The van der Waals surface area contributed by atoms with Gasteiger partial charge in [-0.05, 0) is 19.3 Å². The highest BCUT2D eigenvalue weighted by atomic mass is 16.2. The lowest BCUT2D eigenvalue weighted by Crippen LogP contribution is -2.63. The van der Waals surface area contributed by atoms with Gasteiger partial charge in [-0.3, -0.25) is 19.3 Å². The van der Waals surface area contributed by atoms with Crippen molar-refractivity contribution in [2.75, 3.05) is 13.6 Å². The van der Waals surface area contributed by atoms with Crippen molar-refractivity contribution < 1.29 is 14.4 Å². The number of nitrogens with one attached hydrogen (secondary N) is 1. The molecule has 0 aromatic heterocycles. The highest BCUT2D eigenvalue weighted by molar-refractivity contribution is 6.04. The summed E-state index contributed by atoms with van der Waals surface area (Å²) < 4.78 is 0. The third kappa shape index (κ3) is 2.28. The Morgan fingerprint density at radius 2 is 1.67 bits per heavy atom. The van der Waals surface area contributed by atoms with E-state index in [9.17, 15) is 14.4 Å². The van der Waals surface area contributed by atoms with E-state index in [1.165, 1.54) is 4.90 Å². The Morgan fingerprint density at radius 3 is 2.10 bits per heavy atom. The second-order valence-electron chi connectivity index (χ2n) is 7.38. The molecule has 2 bridgehead atoms. The quantitative estimate of drug-likeness (QED) is 0.633. The van der Waals surface area contributed by atoms with Crippen molar-refractivity contribution in [3.63, 3.8) is 0 Å². The van der Waals surface area contributed by atoms with Crippen molar-refractivity contribution in [1.82, 2.24) is 10.2 Å². The molecule has 21 heavy (non-hydrogen) atoms. The van der Waals surface area contributed by atoms with Crippen LogP contribution in [0.5, 0.6) is 0 Å². The van der Waals surface area contributed by atoms with Crippen LogP contribution in [0.2, 0.25) is 0 Å². The third-order valence-corrected chi connectivity index (χ3v) is 4.94. The van der Waals surface area contributed by atoms with E-state index in [4.69, 9.17) is 0 Å². The number of hydrogen-bond acceptors (Lipinski definition) is 3. The second-order valence-corrected chi connectivity index (χ2v) is 7.38. The lowest BCUT2D eigenvalue weighted by atomic mass is 9.51. The summed E-state index contributed by atoms with van der Waals surface area (Å²) >= 11 is 0. The van der Waals surface area contributed by atoms with E-state index >= 15 is 0 Å². The summed E-state index contributed by atoms with van der Waals surface area (Å²) in [6, 6.07) is 0. The molecule has 2 aliphatic rings. The third-order valence-electron chi connectivity index (χ3n) is 4.94. The lowest BCUT2D eigenvalue weighted by molar-refractivity contribution is -0.178. The number of carbonyl (C=O) groups is 3. The maximum Gasteiger partial charge on any atom is 0.234 e. The summed E-state index contributed by atoms with van der Waals surface area (Å²) in [4.78, 5) is 38.7. The molecule has 5 heteroatoms. The smallest absolute Gasteiger partial charge is 0.234 e. The molecule has 116 valence electrons. The number of piperidine rings is 1. The van der Waals surface area contributed by atoms with Crippen LogP contribution in [-0.4, -0.2) is 36.2 Å². The molecule has 1 aliphatic heterocycles. The van der Waals surface area contributed by atoms with Gasteiger partial charge in [0.1, 0.15) is 0 Å². The van der Waals surface area contributed by atoms with Gasteiger partial charge >= 0.3 is 0 Å². The molecular weight excluding hydrogens is 268 g/mol. The normalized spacial score (nSPS) is 39.1. The van der Waals surface area contributed by atoms with Crippen LogP contribution in [0.1, 0.15) is 40.0 Å². The summed E-state index contributed by atoms with van der Waals surface area (Å²) in [5.74, 6) is -0.454. The van der Waals surface area contributed by atoms with Gasteiger partial charge in [0.15, 0.2) is 0 Å². The van der Waals surface area contributed by atoms with E-state index in [0.29, 0.717) is 25.8 Å². The Hall–Kier alpha value is -1.65. The summed E-state index contributed by atoms with van der Waals surface area (Å²) in [7, 11) is 1.54. The molecule has 1 saturated heterocycles. The van der Waals surface area contributed by atoms with Gasteiger partial charge < -0.3 is 5.32 Å². The molecule has 1 heterocycles. The fourth-order valence-electron chi connectivity index (χ4n) is 4.51. The minimum Gasteiger partial charge on any atom is -0.352 e. The van der Waals surface area contributed by atoms with Crippen molar-refractivity contribution in [2.45, 2.75) is 40.0 Å². The molecule has 1 aliphatic carbocycles. The summed E-state index contributed by atoms with van der Waals surface area (Å²) in [6.45, 7) is 9.58. The average Bonchev–Trinajstić information content (AvgIpc) is 2.39. The molecule has 2 rings (SSSR count). The Morgan fingerprint density at radius 1 is 1.19 bits per heavy atom. The van der Waals surface area contributed by atoms with E-state index < -0.39 is 16.2 Å². The van der Waals surface area contributed by atoms with Crippen molar-refractivity contribution in [3.8, 4) is 0 Å². The van der Waals surface area contributed by atoms with Crippen LogP contribution in [0.4, 0.5) is 0 Å². The minimum atomic E-state index is -0.711. The predicted octanol–water partition coefficient (Wildman–Crippen LogP) is 1.49. The van der Waals surface area contributed by atoms with Crippen LogP contribution in [0, 0.1) is 16.2 Å². The average molecular weight is 292 g/mol. The van der Waals surface area contributed by atoms with Crippen molar-refractivity contribution in [2.24, 2.45) is 16.2 Å². The molecule has 0 spiro atoms. The van der Waals surface area contributed by atoms with E-state index in [0.717, 1.165) is 0 Å². The summed E-state index contributed by atoms with van der Waals surface area (Å²) in [5, 5.41) is 2.81. The highest BCUT2D eigenvalue weighted by Gasteiger charge is 2.62. The number of hydrogen-bond donors (Lipinski definition) is 1. The molecular formula is C16H24N2O3. The highest BCUT2D eigenvalue weighted by Crippen LogP contribution is 2.58. The zero-order valence-corrected chi connectivity index (χ0v) is 13.3. The molecule has 5 nitrogen and oxygen atoms in total. The van der Waals surface area contributed by atoms with Crippen LogP contribution in [0.15, 0.2) is 12.7 Å². The van der Waals surface area contributed by atoms with Crippen LogP contribution >= 0.6 is 0 Å². The fraction of sp³-hybridized carbons (Fsp3) is 0.688. The van der Waals surface area contributed by atoms with Crippen LogP contribution in [-0.2, 0) is 14.4 Å². The number of rotatable bonds is 3. The first-order valence-electron chi connectivity index (χ1n) is 7.30. The van der Waals surface area contributed by atoms with Gasteiger partial charge in [0.2, 0.25) is 17.7 Å². The molecule has 0 radical (unpaired) electrons. The number of amides is 3. The fourth-order valence-corrected chi connectivity index (χ4v) is 4.51. The number of fused-ring (bicyclic) bond motifs is 2. The Bertz CT molecular complexity index is 498. The van der Waals surface area contributed by atoms with Crippen molar-refractivity contribution in [3.05, 3.63) is 12.7 Å². The first-order chi connectivity index (χ1) is 9.58. The number of carbonyl (C=O) groups excluding carboxylic acids is 3. The molecule has 2 fully saturated rings. The summed E-state index contributed by atoms with van der Waals surface area (Å²) in [6.07, 6.45) is 3.08. The number of imide groups is 1. The molecule has 2 atom stereocenters. The molecule has 0 aromatic carbocycles. The summed E-state index contributed by atoms with van der Waals surface area (Å²) in [5.41, 5.74) is -2.02. The van der Waals surface area contributed by atoms with Crippen molar-refractivity contribution in [1.29, 1.82) is 0 Å². The largest absolute Gasteiger partial charge is 0.352 e. The molecule has 3 amide bonds. The van der Waals surface area contributed by atoms with Gasteiger partial charge in [-0.2, -0.15) is 0 Å². The van der Waals surface area contributed by atoms with Crippen LogP contribution < -0.4 is 5.32 Å². The molecule has 2 unspecified atom stereocenters. The maximum absolute atomic E-state index is 12.5. The topological polar surface area (TPSA) is 66.5 Å². The van der Waals surface area contributed by atoms with Crippen LogP contribution in [0.3, 0.4) is 0 Å². The van der Waals surface area contributed by atoms with E-state index in [-0.39, 0.29) is 17.7 Å². The van der Waals surface area contributed by atoms with Crippen LogP contribution in [0.25, 0.3) is 0 Å². The monoisotopic (exact) mass is 292 g/mol. The van der Waals surface area contributed by atoms with Crippen molar-refractivity contribution >= 4 is 17.7 Å². The number of likely N-dealkylation sites (tertiary alicyclic amines) is 1. The Labute approximate surface area is 125 Å². The van der Waals surface area contributed by atoms with Gasteiger partial charge in [0, 0.05) is 29.8 Å². The Balaban J connectivity index is 2.39. The maximum atomic E-state index is 12.5. The van der Waals surface area contributed by atoms with Gasteiger partial charge in [0.05, 0.1) is 0 Å². The number of nitrogens with zero attached hydrogens (tertiary/aromatic N) is 1. The zero-order chi connectivity index (χ0) is 16.1. The standard InChI is InChI=1S/C16H24N2O3/c1-6-7-17-11(19)14(2)8-15(3)10-16(4,9-14)13(21)18(5)12(15)20/h6H,1,7-10H2,2-5H3,(H,17,19). The zero-order valence-electron chi connectivity index (χ0n) is 13.3. The van der Waals surface area contributed by atoms with E-state index in [1.54, 1.807) is 13.1 Å². The van der Waals surface area contributed by atoms with Gasteiger partial charge in [-0.25, -0.2) is 0 Å². The SMILES string of the molecule is C=CCNC(=O)C1(C)CC2(C)CC(C)(C1)C(=O)N(C)C2=O. The molecule has 1 saturated carbocycles. The van der Waals surface area contributed by atoms with Gasteiger partial charge in [-0.15, -0.1) is 6.58 Å². The predicted molar refractivity (Wildman–Crippen MR) is 79.2 cm³/mol. The second kappa shape index (κ2) is 4.68.